The molecule has 0 saturated carbocycles. The van der Waals surface area contributed by atoms with Gasteiger partial charge in [-0.05, 0) is 91.0 Å². The molecule has 2 fully saturated rings. The van der Waals surface area contributed by atoms with E-state index in [1.54, 1.807) is 46.8 Å². The number of esters is 3. The molecule has 3 aliphatic rings. The van der Waals surface area contributed by atoms with Crippen LogP contribution < -0.4 is 0 Å². The third-order valence-electron chi connectivity index (χ3n) is 12.8. The Kier molecular flexibility index (Phi) is 21.7. The highest BCUT2D eigenvalue weighted by molar-refractivity contribution is 6.39. The fourth-order valence-corrected chi connectivity index (χ4v) is 8.79. The number of aliphatic hydroxyl groups excluding tert-OH is 5. The highest BCUT2D eigenvalue weighted by Gasteiger charge is 2.53. The number of halogens is 2. The van der Waals surface area contributed by atoms with Crippen molar-refractivity contribution >= 4 is 41.1 Å². The monoisotopic (exact) mass is 1040 g/mol. The molecule has 7 N–H and O–H groups in total. The molecule has 18 nitrogen and oxygen atoms in total. The lowest BCUT2D eigenvalue weighted by Crippen LogP contribution is -2.64. The Balaban J connectivity index is 1.60. The normalized spacial score (nSPS) is 35.2. The summed E-state index contributed by atoms with van der Waals surface area (Å²) in [5.41, 5.74) is 0.193. The minimum Gasteiger partial charge on any atom is -0.505 e. The molecule has 20 heteroatoms. The molecule has 2 saturated heterocycles. The maximum Gasteiger partial charge on any atom is 0.342 e. The molecule has 398 valence electrons. The summed E-state index contributed by atoms with van der Waals surface area (Å²) in [5.74, 6) is -4.84. The van der Waals surface area contributed by atoms with Crippen molar-refractivity contribution in [2.75, 3.05) is 13.7 Å². The number of carbonyl (C=O) groups excluding carboxylic acids is 3. The van der Waals surface area contributed by atoms with E-state index in [2.05, 4.69) is 0 Å². The molecule has 3 heterocycles. The Labute approximate surface area is 425 Å². The van der Waals surface area contributed by atoms with Gasteiger partial charge in [0.1, 0.15) is 46.7 Å². The highest BCUT2D eigenvalue weighted by Crippen LogP contribution is 2.44. The minimum atomic E-state index is -1.61. The van der Waals surface area contributed by atoms with Gasteiger partial charge in [0.2, 0.25) is 0 Å². The maximum absolute atomic E-state index is 13.9. The van der Waals surface area contributed by atoms with Gasteiger partial charge in [0, 0.05) is 19.4 Å². The van der Waals surface area contributed by atoms with E-state index in [4.69, 9.17) is 61.1 Å². The number of carbonyl (C=O) groups is 3. The van der Waals surface area contributed by atoms with Crippen LogP contribution >= 0.6 is 23.2 Å². The van der Waals surface area contributed by atoms with Gasteiger partial charge < -0.3 is 73.6 Å². The molecule has 0 amide bonds. The number of benzene rings is 1. The second-order valence-electron chi connectivity index (χ2n) is 19.2. The Morgan fingerprint density at radius 3 is 2.17 bits per heavy atom. The van der Waals surface area contributed by atoms with Crippen LogP contribution in [0.4, 0.5) is 0 Å². The van der Waals surface area contributed by atoms with E-state index in [-0.39, 0.29) is 29.0 Å². The zero-order valence-electron chi connectivity index (χ0n) is 42.3. The van der Waals surface area contributed by atoms with Crippen molar-refractivity contribution in [3.05, 3.63) is 79.9 Å². The molecule has 71 heavy (non-hydrogen) atoms. The van der Waals surface area contributed by atoms with Crippen LogP contribution in [0.1, 0.15) is 104 Å². The van der Waals surface area contributed by atoms with E-state index in [1.165, 1.54) is 40.0 Å². The molecule has 0 spiro atoms. The van der Waals surface area contributed by atoms with Gasteiger partial charge in [-0.3, -0.25) is 4.79 Å². The topological polar surface area (TPSA) is 267 Å². The van der Waals surface area contributed by atoms with E-state index in [1.807, 2.05) is 32.9 Å². The van der Waals surface area contributed by atoms with Crippen molar-refractivity contribution in [2.45, 2.75) is 181 Å². The quantitative estimate of drug-likeness (QED) is 0.0721. The SMILES string of the molecule is CCC1/C=C(\C)C(O)C/C=C/C=C(\COC2OC(C)C(OC(=O)c3c(C)c(Cl)c(O)c(Cl)c3O)C(O)C2OC)C(=O)OC(C(C)O)C/C=C(C)/C=C(\C)C1OC1OC(C)(C)C(OC(=O)C(C)C)C(O)C1O. The van der Waals surface area contributed by atoms with E-state index < -0.39 is 144 Å². The second-order valence-corrected chi connectivity index (χ2v) is 19.9. The minimum absolute atomic E-state index is 0.0285. The summed E-state index contributed by atoms with van der Waals surface area (Å²) in [6.45, 7) is 17.8. The van der Waals surface area contributed by atoms with Crippen LogP contribution in [0.2, 0.25) is 10.0 Å². The average molecular weight is 1040 g/mol. The predicted octanol–water partition coefficient (Wildman–Crippen LogP) is 5.98. The van der Waals surface area contributed by atoms with Crippen LogP contribution in [0.5, 0.6) is 11.5 Å². The highest BCUT2D eigenvalue weighted by atomic mass is 35.5. The number of phenols is 2. The molecule has 0 aliphatic carbocycles. The molecule has 4 rings (SSSR count). The number of aliphatic hydroxyl groups is 5. The number of cyclic esters (lactones) is 1. The van der Waals surface area contributed by atoms with Gasteiger partial charge in [-0.15, -0.1) is 0 Å². The Morgan fingerprint density at radius 2 is 1.56 bits per heavy atom. The van der Waals surface area contributed by atoms with Gasteiger partial charge in [0.15, 0.2) is 36.3 Å². The molecule has 0 radical (unpaired) electrons. The summed E-state index contributed by atoms with van der Waals surface area (Å²) in [7, 11) is 1.26. The van der Waals surface area contributed by atoms with Crippen LogP contribution in [0.15, 0.2) is 58.7 Å². The molecule has 1 aromatic carbocycles. The van der Waals surface area contributed by atoms with Gasteiger partial charge in [0.05, 0.1) is 47.5 Å². The lowest BCUT2D eigenvalue weighted by Gasteiger charge is -2.47. The van der Waals surface area contributed by atoms with Crippen LogP contribution in [0.25, 0.3) is 0 Å². The molecular formula is C51H72Cl2O18. The summed E-state index contributed by atoms with van der Waals surface area (Å²) in [4.78, 5) is 39.8. The van der Waals surface area contributed by atoms with E-state index >= 15 is 0 Å². The van der Waals surface area contributed by atoms with Gasteiger partial charge in [-0.25, -0.2) is 9.59 Å². The standard InChI is InChI=1S/C51H72Cl2O18/c1-13-30-21-25(5)32(55)17-15-14-16-31(22-65-50-44(64-12)41(60)43(29(9)66-50)68-48(63)34-27(7)35(52)38(57)36(53)37(34)56)47(62)67-33(28(8)54)19-18-24(4)20-26(6)42(30)69-49-40(59)39(58)45(51(10,11)71-49)70-46(61)23(2)3/h14-16,18,20-21,23,28-30,32-33,39-45,49-50,54-60H,13,17,19,22H2,1-12H3/b15-14+,24-18+,25-21+,26-20+,31-16+. The first kappa shape index (κ1) is 59.7. The van der Waals surface area contributed by atoms with Gasteiger partial charge in [-0.2, -0.15) is 0 Å². The Morgan fingerprint density at radius 1 is 0.901 bits per heavy atom. The summed E-state index contributed by atoms with van der Waals surface area (Å²) < 4.78 is 47.4. The first-order chi connectivity index (χ1) is 33.2. The zero-order chi connectivity index (χ0) is 53.4. The molecule has 0 aromatic heterocycles. The molecule has 14 unspecified atom stereocenters. The van der Waals surface area contributed by atoms with Crippen molar-refractivity contribution in [1.29, 1.82) is 0 Å². The van der Waals surface area contributed by atoms with Crippen LogP contribution in [0, 0.1) is 18.8 Å². The van der Waals surface area contributed by atoms with Gasteiger partial charge in [-0.1, -0.05) is 79.9 Å². The lowest BCUT2D eigenvalue weighted by molar-refractivity contribution is -0.333. The van der Waals surface area contributed by atoms with E-state index in [0.717, 1.165) is 0 Å². The summed E-state index contributed by atoms with van der Waals surface area (Å²) in [6.07, 6.45) is -5.56. The summed E-state index contributed by atoms with van der Waals surface area (Å²) in [6, 6.07) is 0. The number of allylic oxidation sites excluding steroid dienone is 4. The smallest absolute Gasteiger partial charge is 0.342 e. The Bertz CT molecular complexity index is 2170. The number of methoxy groups -OCH3 is 1. The number of aromatic hydroxyl groups is 2. The Hall–Kier alpha value is -3.89. The van der Waals surface area contributed by atoms with Crippen LogP contribution in [0.3, 0.4) is 0 Å². The average Bonchev–Trinajstić information content (AvgIpc) is 3.30. The number of hydrogen-bond acceptors (Lipinski definition) is 18. The maximum atomic E-state index is 13.9. The molecule has 14 atom stereocenters. The van der Waals surface area contributed by atoms with Crippen molar-refractivity contribution in [3.8, 4) is 11.5 Å². The van der Waals surface area contributed by atoms with Crippen LogP contribution in [-0.4, -0.2) is 153 Å². The molecule has 1 aromatic rings. The van der Waals surface area contributed by atoms with E-state index in [0.29, 0.717) is 23.1 Å². The third kappa shape index (κ3) is 14.7. The fraction of sp³-hybridized carbons (Fsp3) is 0.627. The third-order valence-corrected chi connectivity index (χ3v) is 13.6. The first-order valence-corrected chi connectivity index (χ1v) is 24.4. The van der Waals surface area contributed by atoms with Crippen LogP contribution in [-0.2, 0) is 47.5 Å². The predicted molar refractivity (Wildman–Crippen MR) is 260 cm³/mol. The molecule has 0 bridgehead atoms. The van der Waals surface area contributed by atoms with Crippen molar-refractivity contribution in [3.63, 3.8) is 0 Å². The molecular weight excluding hydrogens is 971 g/mol. The fourth-order valence-electron chi connectivity index (χ4n) is 8.37. The van der Waals surface area contributed by atoms with Gasteiger partial charge >= 0.3 is 17.9 Å². The van der Waals surface area contributed by atoms with Crippen molar-refractivity contribution in [2.24, 2.45) is 11.8 Å². The summed E-state index contributed by atoms with van der Waals surface area (Å²) >= 11 is 12.1. The second kappa shape index (κ2) is 25.9. The number of rotatable bonds is 12. The van der Waals surface area contributed by atoms with Crippen molar-refractivity contribution in [1.82, 2.24) is 0 Å². The summed E-state index contributed by atoms with van der Waals surface area (Å²) in [5, 5.41) is 76.0. The van der Waals surface area contributed by atoms with Gasteiger partial charge in [0.25, 0.3) is 0 Å². The van der Waals surface area contributed by atoms with E-state index in [9.17, 15) is 50.1 Å². The van der Waals surface area contributed by atoms with Crippen molar-refractivity contribution < 1.29 is 88.0 Å². The lowest BCUT2D eigenvalue weighted by atomic mass is 9.88. The zero-order valence-corrected chi connectivity index (χ0v) is 43.8. The number of hydrogen-bond donors (Lipinski definition) is 7. The largest absolute Gasteiger partial charge is 0.505 e. The first-order valence-electron chi connectivity index (χ1n) is 23.6. The number of phenolic OH excluding ortho intramolecular Hbond substituents is 2. The molecule has 3 aliphatic heterocycles. The number of ether oxygens (including phenoxy) is 8.